The van der Waals surface area contributed by atoms with Crippen molar-refractivity contribution in [2.45, 2.75) is 19.5 Å². The van der Waals surface area contributed by atoms with E-state index in [1.54, 1.807) is 0 Å². The van der Waals surface area contributed by atoms with E-state index in [0.29, 0.717) is 0 Å². The van der Waals surface area contributed by atoms with Crippen LogP contribution < -0.4 is 0 Å². The van der Waals surface area contributed by atoms with Crippen LogP contribution in [-0.4, -0.2) is 26.4 Å². The molecule has 2 aromatic carbocycles. The highest BCUT2D eigenvalue weighted by Gasteiger charge is 2.20. The lowest BCUT2D eigenvalue weighted by Gasteiger charge is -2.27. The summed E-state index contributed by atoms with van der Waals surface area (Å²) in [5.74, 6) is 0.813. The summed E-state index contributed by atoms with van der Waals surface area (Å²) in [4.78, 5) is 15.3. The Bertz CT molecular complexity index is 1100. The van der Waals surface area contributed by atoms with Crippen LogP contribution in [0, 0.1) is 0 Å². The molecule has 2 aromatic heterocycles. The molecule has 4 aromatic rings. The van der Waals surface area contributed by atoms with Gasteiger partial charge < -0.3 is 4.98 Å². The van der Waals surface area contributed by atoms with Crippen LogP contribution in [0.4, 0.5) is 0 Å². The SMILES string of the molecule is Brc1ccc2c(CN3CCc4cnc(-c5ccccc5)nc4C3)c[nH]c2c1. The molecule has 0 aliphatic carbocycles. The molecule has 0 spiro atoms. The second-order valence-corrected chi connectivity index (χ2v) is 7.91. The summed E-state index contributed by atoms with van der Waals surface area (Å²) in [7, 11) is 0. The number of hydrogen-bond donors (Lipinski definition) is 1. The van der Waals surface area contributed by atoms with Crippen LogP contribution in [-0.2, 0) is 19.5 Å². The third kappa shape index (κ3) is 3.29. The molecule has 0 atom stereocenters. The number of H-pyrrole nitrogens is 1. The van der Waals surface area contributed by atoms with Crippen molar-refractivity contribution in [3.63, 3.8) is 0 Å². The van der Waals surface area contributed by atoms with Crippen LogP contribution in [0.15, 0.2) is 65.4 Å². The number of nitrogens with one attached hydrogen (secondary N) is 1. The molecule has 4 nitrogen and oxygen atoms in total. The van der Waals surface area contributed by atoms with Crippen molar-refractivity contribution in [2.24, 2.45) is 0 Å². The zero-order valence-electron chi connectivity index (χ0n) is 14.8. The molecule has 1 N–H and O–H groups in total. The Morgan fingerprint density at radius 1 is 1.11 bits per heavy atom. The Labute approximate surface area is 166 Å². The molecule has 5 rings (SSSR count). The van der Waals surface area contributed by atoms with Gasteiger partial charge in [0.1, 0.15) is 0 Å². The number of benzene rings is 2. The Kier molecular flexibility index (Phi) is 4.26. The first-order valence-electron chi connectivity index (χ1n) is 9.14. The van der Waals surface area contributed by atoms with Gasteiger partial charge in [-0.25, -0.2) is 9.97 Å². The predicted octanol–water partition coefficient (Wildman–Crippen LogP) is 4.95. The van der Waals surface area contributed by atoms with Crippen molar-refractivity contribution in [1.82, 2.24) is 19.9 Å². The summed E-state index contributed by atoms with van der Waals surface area (Å²) in [6.07, 6.45) is 5.13. The third-order valence-corrected chi connectivity index (χ3v) is 5.67. The lowest BCUT2D eigenvalue weighted by atomic mass is 10.1. The average Bonchev–Trinajstić information content (AvgIpc) is 3.10. The lowest BCUT2D eigenvalue weighted by Crippen LogP contribution is -2.31. The molecule has 134 valence electrons. The van der Waals surface area contributed by atoms with Crippen molar-refractivity contribution < 1.29 is 0 Å². The molecular weight excluding hydrogens is 400 g/mol. The van der Waals surface area contributed by atoms with Crippen LogP contribution in [0.5, 0.6) is 0 Å². The van der Waals surface area contributed by atoms with E-state index in [2.05, 4.69) is 67.3 Å². The minimum Gasteiger partial charge on any atom is -0.361 e. The third-order valence-electron chi connectivity index (χ3n) is 5.18. The van der Waals surface area contributed by atoms with Gasteiger partial charge in [0.05, 0.1) is 5.69 Å². The number of nitrogens with zero attached hydrogens (tertiary/aromatic N) is 3. The van der Waals surface area contributed by atoms with Crippen LogP contribution in [0.25, 0.3) is 22.3 Å². The molecular formula is C22H19BrN4. The van der Waals surface area contributed by atoms with Crippen LogP contribution in [0.2, 0.25) is 0 Å². The Morgan fingerprint density at radius 3 is 2.89 bits per heavy atom. The quantitative estimate of drug-likeness (QED) is 0.511. The number of rotatable bonds is 3. The van der Waals surface area contributed by atoms with Crippen molar-refractivity contribution in [2.75, 3.05) is 6.54 Å². The Balaban J connectivity index is 1.40. The highest BCUT2D eigenvalue weighted by atomic mass is 79.9. The van der Waals surface area contributed by atoms with E-state index in [1.165, 1.54) is 22.0 Å². The summed E-state index contributed by atoms with van der Waals surface area (Å²) in [5.41, 5.74) is 6.00. The normalized spacial score (nSPS) is 14.4. The highest BCUT2D eigenvalue weighted by molar-refractivity contribution is 9.10. The van der Waals surface area contributed by atoms with E-state index in [0.717, 1.165) is 47.6 Å². The number of fused-ring (bicyclic) bond motifs is 2. The average molecular weight is 419 g/mol. The van der Waals surface area contributed by atoms with Crippen molar-refractivity contribution >= 4 is 26.8 Å². The Hall–Kier alpha value is -2.50. The van der Waals surface area contributed by atoms with E-state index in [9.17, 15) is 0 Å². The predicted molar refractivity (Wildman–Crippen MR) is 111 cm³/mol. The van der Waals surface area contributed by atoms with E-state index in [4.69, 9.17) is 4.98 Å². The molecule has 3 heterocycles. The molecule has 0 saturated carbocycles. The largest absolute Gasteiger partial charge is 0.361 e. The smallest absolute Gasteiger partial charge is 0.159 e. The molecule has 5 heteroatoms. The minimum atomic E-state index is 0.813. The molecule has 0 radical (unpaired) electrons. The number of aromatic nitrogens is 3. The molecule has 0 fully saturated rings. The van der Waals surface area contributed by atoms with Gasteiger partial charge in [-0.1, -0.05) is 52.3 Å². The number of hydrogen-bond acceptors (Lipinski definition) is 3. The van der Waals surface area contributed by atoms with Crippen molar-refractivity contribution in [3.8, 4) is 11.4 Å². The first-order chi connectivity index (χ1) is 13.3. The van der Waals surface area contributed by atoms with E-state index < -0.39 is 0 Å². The maximum absolute atomic E-state index is 4.87. The maximum Gasteiger partial charge on any atom is 0.159 e. The zero-order valence-corrected chi connectivity index (χ0v) is 16.4. The first-order valence-corrected chi connectivity index (χ1v) is 9.94. The van der Waals surface area contributed by atoms with E-state index in [1.807, 2.05) is 24.4 Å². The van der Waals surface area contributed by atoms with Gasteiger partial charge in [0.2, 0.25) is 0 Å². The number of aromatic amines is 1. The maximum atomic E-state index is 4.87. The van der Waals surface area contributed by atoms with Crippen LogP contribution >= 0.6 is 15.9 Å². The Morgan fingerprint density at radius 2 is 2.00 bits per heavy atom. The zero-order chi connectivity index (χ0) is 18.2. The highest BCUT2D eigenvalue weighted by Crippen LogP contribution is 2.26. The summed E-state index contributed by atoms with van der Waals surface area (Å²) < 4.78 is 1.10. The second kappa shape index (κ2) is 6.91. The molecule has 0 saturated heterocycles. The van der Waals surface area contributed by atoms with E-state index in [-0.39, 0.29) is 0 Å². The topological polar surface area (TPSA) is 44.8 Å². The van der Waals surface area contributed by atoms with Crippen LogP contribution in [0.1, 0.15) is 16.8 Å². The summed E-state index contributed by atoms with van der Waals surface area (Å²) >= 11 is 3.54. The lowest BCUT2D eigenvalue weighted by molar-refractivity contribution is 0.242. The van der Waals surface area contributed by atoms with Gasteiger partial charge in [-0.2, -0.15) is 0 Å². The second-order valence-electron chi connectivity index (χ2n) is 7.00. The first kappa shape index (κ1) is 16.7. The summed E-state index contributed by atoms with van der Waals surface area (Å²) in [6.45, 7) is 2.82. The molecule has 0 amide bonds. The molecule has 0 bridgehead atoms. The fourth-order valence-electron chi connectivity index (χ4n) is 3.75. The fourth-order valence-corrected chi connectivity index (χ4v) is 4.11. The van der Waals surface area contributed by atoms with Gasteiger partial charge in [0, 0.05) is 53.0 Å². The molecule has 0 unspecified atom stereocenters. The van der Waals surface area contributed by atoms with Gasteiger partial charge in [-0.05, 0) is 29.7 Å². The summed E-state index contributed by atoms with van der Waals surface area (Å²) in [6, 6.07) is 16.6. The van der Waals surface area contributed by atoms with Crippen molar-refractivity contribution in [1.29, 1.82) is 0 Å². The monoisotopic (exact) mass is 418 g/mol. The van der Waals surface area contributed by atoms with Gasteiger partial charge >= 0.3 is 0 Å². The van der Waals surface area contributed by atoms with Gasteiger partial charge in [0.15, 0.2) is 5.82 Å². The molecule has 1 aliphatic heterocycles. The standard InChI is InChI=1S/C22H19BrN4/c23-18-6-7-19-17(12-24-20(19)10-18)13-27-9-8-16-11-25-22(26-21(16)14-27)15-4-2-1-3-5-15/h1-7,10-12,24H,8-9,13-14H2. The fraction of sp³-hybridized carbons (Fsp3) is 0.182. The minimum absolute atomic E-state index is 0.813. The molecule has 1 aliphatic rings. The van der Waals surface area contributed by atoms with Gasteiger partial charge in [0.25, 0.3) is 0 Å². The number of halogens is 1. The van der Waals surface area contributed by atoms with Crippen LogP contribution in [0.3, 0.4) is 0 Å². The van der Waals surface area contributed by atoms with Gasteiger partial charge in [-0.3, -0.25) is 4.90 Å². The van der Waals surface area contributed by atoms with Gasteiger partial charge in [-0.15, -0.1) is 0 Å². The molecule has 27 heavy (non-hydrogen) atoms. The van der Waals surface area contributed by atoms with E-state index >= 15 is 0 Å². The van der Waals surface area contributed by atoms with Crippen molar-refractivity contribution in [3.05, 3.63) is 82.2 Å². The summed E-state index contributed by atoms with van der Waals surface area (Å²) in [5, 5.41) is 1.29.